The summed E-state index contributed by atoms with van der Waals surface area (Å²) in [5.74, 6) is -2.05. The van der Waals surface area contributed by atoms with Gasteiger partial charge in [-0.2, -0.15) is 4.31 Å². The SMILES string of the molecule is CN(C(C)(C)C(=O)O)S(=O)(=O)c1cc(C(N)=O)n(C)c1. The number of rotatable bonds is 5. The van der Waals surface area contributed by atoms with Gasteiger partial charge in [-0.1, -0.05) is 0 Å². The van der Waals surface area contributed by atoms with E-state index >= 15 is 0 Å². The molecule has 0 radical (unpaired) electrons. The van der Waals surface area contributed by atoms with Gasteiger partial charge in [0, 0.05) is 20.3 Å². The van der Waals surface area contributed by atoms with E-state index in [1.165, 1.54) is 38.7 Å². The van der Waals surface area contributed by atoms with Gasteiger partial charge >= 0.3 is 5.97 Å². The number of aromatic nitrogens is 1. The average Bonchev–Trinajstić information content (AvgIpc) is 2.70. The maximum Gasteiger partial charge on any atom is 0.324 e. The summed E-state index contributed by atoms with van der Waals surface area (Å²) in [4.78, 5) is 22.1. The molecule has 0 spiro atoms. The lowest BCUT2D eigenvalue weighted by atomic mass is 10.1. The van der Waals surface area contributed by atoms with Gasteiger partial charge in [-0.15, -0.1) is 0 Å². The van der Waals surface area contributed by atoms with Gasteiger partial charge in [0.1, 0.15) is 16.1 Å². The van der Waals surface area contributed by atoms with Crippen LogP contribution in [0.15, 0.2) is 17.2 Å². The molecule has 1 amide bonds. The zero-order valence-electron chi connectivity index (χ0n) is 11.6. The van der Waals surface area contributed by atoms with Crippen molar-refractivity contribution in [3.8, 4) is 0 Å². The van der Waals surface area contributed by atoms with Crippen molar-refractivity contribution in [2.75, 3.05) is 7.05 Å². The molecule has 0 saturated carbocycles. The highest BCUT2D eigenvalue weighted by Crippen LogP contribution is 2.24. The summed E-state index contributed by atoms with van der Waals surface area (Å²) in [5.41, 5.74) is 3.51. The van der Waals surface area contributed by atoms with Crippen LogP contribution in [0.1, 0.15) is 24.3 Å². The molecule has 112 valence electrons. The number of sulfonamides is 1. The Balaban J connectivity index is 3.34. The Hall–Kier alpha value is -1.87. The summed E-state index contributed by atoms with van der Waals surface area (Å²) in [6.45, 7) is 2.54. The number of carboxylic acid groups (broad SMARTS) is 1. The second kappa shape index (κ2) is 4.91. The van der Waals surface area contributed by atoms with E-state index in [2.05, 4.69) is 0 Å². The molecule has 0 aliphatic heterocycles. The molecule has 0 atom stereocenters. The third-order valence-corrected chi connectivity index (χ3v) is 5.20. The highest BCUT2D eigenvalue weighted by Gasteiger charge is 2.40. The molecule has 0 aliphatic rings. The number of amides is 1. The third kappa shape index (κ3) is 2.54. The Morgan fingerprint density at radius 2 is 1.90 bits per heavy atom. The second-order valence-electron chi connectivity index (χ2n) is 4.87. The molecule has 0 aliphatic carbocycles. The summed E-state index contributed by atoms with van der Waals surface area (Å²) in [6.07, 6.45) is 1.21. The van der Waals surface area contributed by atoms with Crippen molar-refractivity contribution in [1.82, 2.24) is 8.87 Å². The van der Waals surface area contributed by atoms with Gasteiger partial charge in [0.25, 0.3) is 5.91 Å². The van der Waals surface area contributed by atoms with Crippen molar-refractivity contribution in [3.63, 3.8) is 0 Å². The van der Waals surface area contributed by atoms with Crippen molar-refractivity contribution in [1.29, 1.82) is 0 Å². The standard InChI is InChI=1S/C11H17N3O5S/c1-11(2,10(16)17)14(4)20(18,19)7-5-8(9(12)15)13(3)6-7/h5-6H,1-4H3,(H2,12,15)(H,16,17). The first-order valence-electron chi connectivity index (χ1n) is 5.61. The molecule has 1 aromatic rings. The van der Waals surface area contributed by atoms with Crippen LogP contribution in [0.25, 0.3) is 0 Å². The lowest BCUT2D eigenvalue weighted by Crippen LogP contribution is -2.50. The normalized spacial score (nSPS) is 12.7. The molecule has 0 bridgehead atoms. The Morgan fingerprint density at radius 1 is 1.40 bits per heavy atom. The first-order valence-corrected chi connectivity index (χ1v) is 7.05. The second-order valence-corrected chi connectivity index (χ2v) is 6.84. The summed E-state index contributed by atoms with van der Waals surface area (Å²) in [7, 11) is -1.41. The van der Waals surface area contributed by atoms with Crippen LogP contribution in [-0.2, 0) is 21.9 Å². The van der Waals surface area contributed by atoms with E-state index in [0.717, 1.165) is 10.4 Å². The van der Waals surface area contributed by atoms with Gasteiger partial charge in [-0.05, 0) is 19.9 Å². The maximum atomic E-state index is 12.4. The number of hydrogen-bond acceptors (Lipinski definition) is 4. The van der Waals surface area contributed by atoms with Gasteiger partial charge < -0.3 is 15.4 Å². The summed E-state index contributed by atoms with van der Waals surface area (Å²) in [5, 5.41) is 9.08. The van der Waals surface area contributed by atoms with Crippen LogP contribution >= 0.6 is 0 Å². The van der Waals surface area contributed by atoms with E-state index in [4.69, 9.17) is 10.8 Å². The zero-order valence-corrected chi connectivity index (χ0v) is 12.4. The maximum absolute atomic E-state index is 12.4. The third-order valence-electron chi connectivity index (χ3n) is 3.20. The van der Waals surface area contributed by atoms with E-state index in [-0.39, 0.29) is 10.6 Å². The Bertz CT molecular complexity index is 660. The Labute approximate surface area is 116 Å². The number of likely N-dealkylation sites (N-methyl/N-ethyl adjacent to an activating group) is 1. The van der Waals surface area contributed by atoms with Gasteiger partial charge in [0.05, 0.1) is 0 Å². The highest BCUT2D eigenvalue weighted by atomic mass is 32.2. The summed E-state index contributed by atoms with van der Waals surface area (Å²) in [6, 6.07) is 1.12. The minimum absolute atomic E-state index is 0.0186. The Kier molecular flexibility index (Phi) is 3.97. The lowest BCUT2D eigenvalue weighted by Gasteiger charge is -2.30. The van der Waals surface area contributed by atoms with Crippen LogP contribution < -0.4 is 5.73 Å². The lowest BCUT2D eigenvalue weighted by molar-refractivity contribution is -0.145. The largest absolute Gasteiger partial charge is 0.480 e. The van der Waals surface area contributed by atoms with E-state index in [1.807, 2.05) is 0 Å². The smallest absolute Gasteiger partial charge is 0.324 e. The number of carboxylic acids is 1. The molecular formula is C11H17N3O5S. The fraction of sp³-hybridized carbons (Fsp3) is 0.455. The number of nitrogens with zero attached hydrogens (tertiary/aromatic N) is 2. The van der Waals surface area contributed by atoms with E-state index in [0.29, 0.717) is 0 Å². The molecule has 0 aromatic carbocycles. The molecular weight excluding hydrogens is 286 g/mol. The molecule has 1 heterocycles. The zero-order chi connectivity index (χ0) is 15.9. The summed E-state index contributed by atoms with van der Waals surface area (Å²) >= 11 is 0. The van der Waals surface area contributed by atoms with Crippen molar-refractivity contribution in [3.05, 3.63) is 18.0 Å². The molecule has 3 N–H and O–H groups in total. The van der Waals surface area contributed by atoms with E-state index in [1.54, 1.807) is 0 Å². The minimum Gasteiger partial charge on any atom is -0.480 e. The van der Waals surface area contributed by atoms with Gasteiger partial charge in [0.15, 0.2) is 0 Å². The van der Waals surface area contributed by atoms with Crippen molar-refractivity contribution >= 4 is 21.9 Å². The molecule has 1 aromatic heterocycles. The van der Waals surface area contributed by atoms with Crippen LogP contribution in [-0.4, -0.2) is 46.9 Å². The molecule has 0 saturated heterocycles. The topological polar surface area (TPSA) is 123 Å². The number of aryl methyl sites for hydroxylation is 1. The van der Waals surface area contributed by atoms with Crippen LogP contribution in [0.3, 0.4) is 0 Å². The van der Waals surface area contributed by atoms with E-state index < -0.39 is 27.4 Å². The minimum atomic E-state index is -4.05. The van der Waals surface area contributed by atoms with Gasteiger partial charge in [-0.25, -0.2) is 8.42 Å². The van der Waals surface area contributed by atoms with Crippen molar-refractivity contribution in [2.45, 2.75) is 24.3 Å². The van der Waals surface area contributed by atoms with Crippen LogP contribution in [0.4, 0.5) is 0 Å². The number of hydrogen-bond donors (Lipinski definition) is 2. The molecule has 1 rings (SSSR count). The average molecular weight is 303 g/mol. The quantitative estimate of drug-likeness (QED) is 0.766. The van der Waals surface area contributed by atoms with Gasteiger partial charge in [0.2, 0.25) is 10.0 Å². The molecule has 9 heteroatoms. The predicted octanol–water partition coefficient (Wildman–Crippen LogP) is -0.392. The van der Waals surface area contributed by atoms with Gasteiger partial charge in [-0.3, -0.25) is 9.59 Å². The number of nitrogens with two attached hydrogens (primary N) is 1. The fourth-order valence-electron chi connectivity index (χ4n) is 1.51. The number of primary amides is 1. The number of carbonyl (C=O) groups excluding carboxylic acids is 1. The molecule has 0 fully saturated rings. The van der Waals surface area contributed by atoms with E-state index in [9.17, 15) is 18.0 Å². The number of aliphatic carboxylic acids is 1. The number of carbonyl (C=O) groups is 2. The first kappa shape index (κ1) is 16.2. The van der Waals surface area contributed by atoms with Crippen LogP contribution in [0, 0.1) is 0 Å². The first-order chi connectivity index (χ1) is 8.92. The monoisotopic (exact) mass is 303 g/mol. The van der Waals surface area contributed by atoms with Crippen LogP contribution in [0.2, 0.25) is 0 Å². The Morgan fingerprint density at radius 3 is 2.25 bits per heavy atom. The molecule has 8 nitrogen and oxygen atoms in total. The fourth-order valence-corrected chi connectivity index (χ4v) is 3.06. The van der Waals surface area contributed by atoms with Crippen molar-refractivity contribution < 1.29 is 23.1 Å². The van der Waals surface area contributed by atoms with Crippen LogP contribution in [0.5, 0.6) is 0 Å². The summed E-state index contributed by atoms with van der Waals surface area (Å²) < 4.78 is 26.8. The van der Waals surface area contributed by atoms with Crippen molar-refractivity contribution in [2.24, 2.45) is 12.8 Å². The predicted molar refractivity (Wildman–Crippen MR) is 70.6 cm³/mol. The highest BCUT2D eigenvalue weighted by molar-refractivity contribution is 7.89. The molecule has 0 unspecified atom stereocenters. The molecule has 20 heavy (non-hydrogen) atoms.